The van der Waals surface area contributed by atoms with Gasteiger partial charge in [0.15, 0.2) is 17.6 Å². The van der Waals surface area contributed by atoms with E-state index < -0.39 is 17.6 Å². The molecule has 0 spiro atoms. The number of H-pyrrole nitrogens is 1. The molecule has 2 aromatic carbocycles. The summed E-state index contributed by atoms with van der Waals surface area (Å²) in [6.07, 6.45) is 0.540. The third kappa shape index (κ3) is 6.16. The average molecular weight is 496 g/mol. The minimum atomic E-state index is -0.893. The molecule has 0 saturated carbocycles. The second-order valence-corrected chi connectivity index (χ2v) is 7.44. The van der Waals surface area contributed by atoms with Gasteiger partial charge in [-0.2, -0.15) is 10.4 Å². The summed E-state index contributed by atoms with van der Waals surface area (Å²) in [5, 5.41) is 13.7. The summed E-state index contributed by atoms with van der Waals surface area (Å²) in [4.78, 5) is 30.9. The lowest BCUT2D eigenvalue weighted by Gasteiger charge is -2.17. The van der Waals surface area contributed by atoms with Crippen molar-refractivity contribution in [3.8, 4) is 28.8 Å². The molecule has 180 valence electrons. The van der Waals surface area contributed by atoms with Crippen molar-refractivity contribution < 1.29 is 19.0 Å². The molecular formula is C24H22ClN5O5. The van der Waals surface area contributed by atoms with Gasteiger partial charge in [0.25, 0.3) is 5.56 Å². The maximum Gasteiger partial charge on any atom is 0.346 e. The Morgan fingerprint density at radius 1 is 1.34 bits per heavy atom. The summed E-state index contributed by atoms with van der Waals surface area (Å²) in [7, 11) is 1.26. The van der Waals surface area contributed by atoms with Gasteiger partial charge in [0.2, 0.25) is 5.95 Å². The SMILES string of the molecule is CCOc1cc(C=NNc2nc(-c3ccccc3)c(C#N)c(=O)[nH]2)cc(Cl)c1OC(C)C(=O)OC. The molecule has 0 aliphatic heterocycles. The molecule has 3 rings (SSSR count). The highest BCUT2D eigenvalue weighted by molar-refractivity contribution is 6.32. The Morgan fingerprint density at radius 2 is 2.09 bits per heavy atom. The molecule has 0 aliphatic carbocycles. The third-order valence-corrected chi connectivity index (χ3v) is 4.90. The van der Waals surface area contributed by atoms with Crippen molar-refractivity contribution in [2.45, 2.75) is 20.0 Å². The standard InChI is InChI=1S/C24H22ClN5O5/c1-4-34-19-11-15(10-18(25)21(19)35-14(2)23(32)33-3)13-27-30-24-28-20(16-8-6-5-7-9-16)17(12-26)22(31)29-24/h5-11,13-14H,4H2,1-3H3,(H2,28,29,30,31). The number of hydrazone groups is 1. The van der Waals surface area contributed by atoms with Crippen LogP contribution in [0.2, 0.25) is 5.02 Å². The fourth-order valence-electron chi connectivity index (χ4n) is 3.03. The first-order chi connectivity index (χ1) is 16.9. The number of nitriles is 1. The number of methoxy groups -OCH3 is 1. The van der Waals surface area contributed by atoms with E-state index in [-0.39, 0.29) is 28.0 Å². The van der Waals surface area contributed by atoms with Crippen molar-refractivity contribution in [2.24, 2.45) is 5.10 Å². The van der Waals surface area contributed by atoms with Gasteiger partial charge in [-0.1, -0.05) is 41.9 Å². The average Bonchev–Trinajstić information content (AvgIpc) is 2.85. The Morgan fingerprint density at radius 3 is 2.74 bits per heavy atom. The number of anilines is 1. The number of nitrogens with zero attached hydrogens (tertiary/aromatic N) is 3. The van der Waals surface area contributed by atoms with E-state index in [0.29, 0.717) is 23.5 Å². The molecule has 0 bridgehead atoms. The van der Waals surface area contributed by atoms with E-state index in [0.717, 1.165) is 0 Å². The van der Waals surface area contributed by atoms with Crippen molar-refractivity contribution in [1.29, 1.82) is 5.26 Å². The van der Waals surface area contributed by atoms with Gasteiger partial charge in [0.05, 0.1) is 30.6 Å². The molecule has 11 heteroatoms. The van der Waals surface area contributed by atoms with Crippen LogP contribution in [0.5, 0.6) is 11.5 Å². The van der Waals surface area contributed by atoms with Gasteiger partial charge in [-0.15, -0.1) is 0 Å². The zero-order valence-corrected chi connectivity index (χ0v) is 19.9. The van der Waals surface area contributed by atoms with Gasteiger partial charge in [0, 0.05) is 5.56 Å². The van der Waals surface area contributed by atoms with Gasteiger partial charge in [-0.3, -0.25) is 9.78 Å². The summed E-state index contributed by atoms with van der Waals surface area (Å²) in [5.74, 6) is -0.000173. The number of nitrogens with one attached hydrogen (secondary N) is 2. The number of carbonyl (C=O) groups excluding carboxylic acids is 1. The number of esters is 1. The van der Waals surface area contributed by atoms with Crippen LogP contribution >= 0.6 is 11.6 Å². The first-order valence-corrected chi connectivity index (χ1v) is 10.9. The van der Waals surface area contributed by atoms with Gasteiger partial charge in [0.1, 0.15) is 11.6 Å². The van der Waals surface area contributed by atoms with E-state index in [1.807, 2.05) is 12.1 Å². The van der Waals surface area contributed by atoms with Crippen LogP contribution in [-0.2, 0) is 9.53 Å². The number of ether oxygens (including phenoxy) is 3. The van der Waals surface area contributed by atoms with Crippen LogP contribution in [0.3, 0.4) is 0 Å². The molecule has 0 amide bonds. The van der Waals surface area contributed by atoms with Crippen LogP contribution in [0, 0.1) is 11.3 Å². The summed E-state index contributed by atoms with van der Waals surface area (Å²) in [6.45, 7) is 3.66. The summed E-state index contributed by atoms with van der Waals surface area (Å²) >= 11 is 6.37. The quantitative estimate of drug-likeness (QED) is 0.260. The fraction of sp³-hybridized carbons (Fsp3) is 0.208. The van der Waals surface area contributed by atoms with Crippen molar-refractivity contribution in [2.75, 3.05) is 19.1 Å². The number of hydrogen-bond donors (Lipinski definition) is 2. The maximum atomic E-state index is 12.4. The largest absolute Gasteiger partial charge is 0.490 e. The number of aromatic amines is 1. The van der Waals surface area contributed by atoms with E-state index >= 15 is 0 Å². The number of carbonyl (C=O) groups is 1. The van der Waals surface area contributed by atoms with Gasteiger partial charge in [-0.05, 0) is 31.5 Å². The number of halogens is 1. The molecule has 1 atom stereocenters. The maximum absolute atomic E-state index is 12.4. The predicted molar refractivity (Wildman–Crippen MR) is 131 cm³/mol. The van der Waals surface area contributed by atoms with E-state index in [1.54, 1.807) is 43.3 Å². The lowest BCUT2D eigenvalue weighted by Crippen LogP contribution is -2.25. The van der Waals surface area contributed by atoms with E-state index in [4.69, 9.17) is 21.1 Å². The Balaban J connectivity index is 1.87. The molecule has 3 aromatic rings. The number of aromatic nitrogens is 2. The Hall–Kier alpha value is -4.36. The van der Waals surface area contributed by atoms with Crippen LogP contribution in [0.1, 0.15) is 25.0 Å². The second kappa shape index (κ2) is 11.7. The number of rotatable bonds is 9. The molecule has 0 aliphatic rings. The summed E-state index contributed by atoms with van der Waals surface area (Å²) in [5.41, 5.74) is 3.35. The van der Waals surface area contributed by atoms with Gasteiger partial charge < -0.3 is 14.2 Å². The molecule has 0 fully saturated rings. The molecule has 2 N–H and O–H groups in total. The summed E-state index contributed by atoms with van der Waals surface area (Å²) < 4.78 is 15.9. The molecule has 1 heterocycles. The minimum Gasteiger partial charge on any atom is -0.490 e. The molecule has 1 unspecified atom stereocenters. The van der Waals surface area contributed by atoms with Crippen LogP contribution in [0.15, 0.2) is 52.4 Å². The van der Waals surface area contributed by atoms with Crippen molar-refractivity contribution >= 4 is 29.7 Å². The lowest BCUT2D eigenvalue weighted by atomic mass is 10.1. The first-order valence-electron chi connectivity index (χ1n) is 10.5. The Kier molecular flexibility index (Phi) is 8.43. The zero-order valence-electron chi connectivity index (χ0n) is 19.2. The molecule has 10 nitrogen and oxygen atoms in total. The lowest BCUT2D eigenvalue weighted by molar-refractivity contribution is -0.147. The fourth-order valence-corrected chi connectivity index (χ4v) is 3.30. The predicted octanol–water partition coefficient (Wildman–Crippen LogP) is 3.75. The van der Waals surface area contributed by atoms with E-state index in [9.17, 15) is 14.9 Å². The van der Waals surface area contributed by atoms with E-state index in [1.165, 1.54) is 20.2 Å². The highest BCUT2D eigenvalue weighted by atomic mass is 35.5. The number of benzene rings is 2. The smallest absolute Gasteiger partial charge is 0.346 e. The highest BCUT2D eigenvalue weighted by Gasteiger charge is 2.20. The van der Waals surface area contributed by atoms with Gasteiger partial charge in [-0.25, -0.2) is 15.2 Å². The van der Waals surface area contributed by atoms with Crippen LogP contribution in [-0.4, -0.2) is 42.0 Å². The monoisotopic (exact) mass is 495 g/mol. The minimum absolute atomic E-state index is 0.0482. The van der Waals surface area contributed by atoms with Gasteiger partial charge >= 0.3 is 5.97 Å². The zero-order chi connectivity index (χ0) is 25.4. The van der Waals surface area contributed by atoms with Crippen molar-refractivity contribution in [1.82, 2.24) is 9.97 Å². The van der Waals surface area contributed by atoms with Crippen LogP contribution in [0.4, 0.5) is 5.95 Å². The summed E-state index contributed by atoms with van der Waals surface area (Å²) in [6, 6.07) is 14.0. The molecule has 35 heavy (non-hydrogen) atoms. The first kappa shape index (κ1) is 25.3. The molecular weight excluding hydrogens is 474 g/mol. The highest BCUT2D eigenvalue weighted by Crippen LogP contribution is 2.37. The Labute approximate surface area is 206 Å². The normalized spacial score (nSPS) is 11.5. The third-order valence-electron chi connectivity index (χ3n) is 4.62. The molecule has 0 saturated heterocycles. The number of hydrogen-bond acceptors (Lipinski definition) is 9. The van der Waals surface area contributed by atoms with E-state index in [2.05, 4.69) is 25.2 Å². The topological polar surface area (TPSA) is 139 Å². The Bertz CT molecular complexity index is 1330. The molecule has 1 aromatic heterocycles. The van der Waals surface area contributed by atoms with Crippen LogP contribution in [0.25, 0.3) is 11.3 Å². The second-order valence-electron chi connectivity index (χ2n) is 7.03. The van der Waals surface area contributed by atoms with Crippen molar-refractivity contribution in [3.05, 3.63) is 69.0 Å². The van der Waals surface area contributed by atoms with Crippen molar-refractivity contribution in [3.63, 3.8) is 0 Å². The van der Waals surface area contributed by atoms with Crippen LogP contribution < -0.4 is 20.5 Å². The molecule has 0 radical (unpaired) electrons.